The molecule has 0 saturated carbocycles. The lowest BCUT2D eigenvalue weighted by Gasteiger charge is -2.11. The van der Waals surface area contributed by atoms with Gasteiger partial charge in [0, 0.05) is 37.3 Å². The van der Waals surface area contributed by atoms with Gasteiger partial charge in [-0.25, -0.2) is 0 Å². The van der Waals surface area contributed by atoms with Crippen molar-refractivity contribution in [2.75, 3.05) is 26.1 Å². The molecule has 0 aliphatic rings. The highest BCUT2D eigenvalue weighted by atomic mass is 127. The van der Waals surface area contributed by atoms with Crippen LogP contribution in [0, 0.1) is 0 Å². The van der Waals surface area contributed by atoms with E-state index in [-0.39, 0.29) is 24.0 Å². The average molecular weight is 446 g/mol. The summed E-state index contributed by atoms with van der Waals surface area (Å²) in [5.41, 5.74) is 4.69. The van der Waals surface area contributed by atoms with Gasteiger partial charge in [-0.2, -0.15) is 4.57 Å². The van der Waals surface area contributed by atoms with E-state index >= 15 is 0 Å². The molecule has 0 fully saturated rings. The number of hydrogen-bond acceptors (Lipinski definition) is 2. The summed E-state index contributed by atoms with van der Waals surface area (Å²) < 4.78 is 7.52. The lowest BCUT2D eigenvalue weighted by molar-refractivity contribution is -0.646. The van der Waals surface area contributed by atoms with Crippen LogP contribution in [0.2, 0.25) is 0 Å². The van der Waals surface area contributed by atoms with Crippen molar-refractivity contribution < 1.29 is 33.3 Å². The first-order valence-electron chi connectivity index (χ1n) is 8.01. The number of rotatable bonds is 4. The monoisotopic (exact) mass is 446 g/mol. The molecule has 0 unspecified atom stereocenters. The second-order valence-electron chi connectivity index (χ2n) is 6.06. The minimum atomic E-state index is 0. The van der Waals surface area contributed by atoms with Crippen LogP contribution in [-0.2, 0) is 7.05 Å². The summed E-state index contributed by atoms with van der Waals surface area (Å²) in [6.45, 7) is 0. The number of hydrogen-bond donors (Lipinski definition) is 0. The Bertz CT molecular complexity index is 886. The second kappa shape index (κ2) is 8.34. The molecule has 2 aromatic carbocycles. The topological polar surface area (TPSA) is 16.4 Å². The fraction of sp³-hybridized carbons (Fsp3) is 0.190. The Morgan fingerprint density at radius 1 is 0.920 bits per heavy atom. The van der Waals surface area contributed by atoms with Crippen molar-refractivity contribution in [2.24, 2.45) is 7.05 Å². The molecule has 0 saturated heterocycles. The number of halogens is 1. The molecule has 0 aliphatic carbocycles. The van der Waals surface area contributed by atoms with Gasteiger partial charge in [0.05, 0.1) is 13.2 Å². The Labute approximate surface area is 166 Å². The van der Waals surface area contributed by atoms with Gasteiger partial charge in [0.2, 0.25) is 11.2 Å². The normalized spacial score (nSPS) is 10.7. The van der Waals surface area contributed by atoms with E-state index in [1.165, 1.54) is 16.6 Å². The number of ether oxygens (including phenoxy) is 1. The summed E-state index contributed by atoms with van der Waals surface area (Å²) in [6, 6.07) is 19.0. The first-order valence-corrected chi connectivity index (χ1v) is 8.01. The van der Waals surface area contributed by atoms with E-state index in [1.807, 2.05) is 20.2 Å². The van der Waals surface area contributed by atoms with E-state index in [9.17, 15) is 0 Å². The van der Waals surface area contributed by atoms with Crippen LogP contribution in [0.3, 0.4) is 0 Å². The summed E-state index contributed by atoms with van der Waals surface area (Å²) in [5.74, 6) is 0.874. The molecule has 0 amide bonds. The number of pyridine rings is 1. The molecule has 0 aliphatic heterocycles. The van der Waals surface area contributed by atoms with E-state index < -0.39 is 0 Å². The standard InChI is InChI=1S/C21H23N2O.HI/c1-22(2)18-10-5-16(6-11-18)7-12-19-13-8-17-9-14-20(24-4)15-21(17)23(19)3;/h5-15H,1-4H3;1H/q+1;/p-1. The zero-order valence-corrected chi connectivity index (χ0v) is 17.2. The molecular formula is C21H23IN2O. The second-order valence-corrected chi connectivity index (χ2v) is 6.06. The number of aryl methyl sites for hydroxylation is 1. The lowest BCUT2D eigenvalue weighted by atomic mass is 10.1. The van der Waals surface area contributed by atoms with E-state index in [0.717, 1.165) is 17.0 Å². The van der Waals surface area contributed by atoms with E-state index in [1.54, 1.807) is 7.11 Å². The number of fused-ring (bicyclic) bond motifs is 1. The van der Waals surface area contributed by atoms with E-state index in [0.29, 0.717) is 0 Å². The maximum absolute atomic E-state index is 5.34. The SMILES string of the molecule is COc1ccc2ccc(/C=C/c3ccc(N(C)C)cc3)[n+](C)c2c1.[I-]. The van der Waals surface area contributed by atoms with Crippen LogP contribution in [0.4, 0.5) is 5.69 Å². The van der Waals surface area contributed by atoms with Crippen molar-refractivity contribution in [1.29, 1.82) is 0 Å². The molecule has 0 N–H and O–H groups in total. The largest absolute Gasteiger partial charge is 1.00 e. The Morgan fingerprint density at radius 3 is 2.24 bits per heavy atom. The Kier molecular flexibility index (Phi) is 6.42. The Morgan fingerprint density at radius 2 is 1.60 bits per heavy atom. The molecule has 1 heterocycles. The summed E-state index contributed by atoms with van der Waals surface area (Å²) in [7, 11) is 7.88. The van der Waals surface area contributed by atoms with Gasteiger partial charge in [0.15, 0.2) is 0 Å². The van der Waals surface area contributed by atoms with Crippen molar-refractivity contribution in [2.45, 2.75) is 0 Å². The van der Waals surface area contributed by atoms with Crippen molar-refractivity contribution >= 4 is 28.7 Å². The van der Waals surface area contributed by atoms with Crippen LogP contribution in [0.15, 0.2) is 54.6 Å². The van der Waals surface area contributed by atoms with Gasteiger partial charge in [-0.15, -0.1) is 0 Å². The van der Waals surface area contributed by atoms with Crippen LogP contribution < -0.4 is 38.2 Å². The summed E-state index contributed by atoms with van der Waals surface area (Å²) in [4.78, 5) is 2.10. The van der Waals surface area contributed by atoms with Crippen LogP contribution in [0.5, 0.6) is 5.75 Å². The van der Waals surface area contributed by atoms with Crippen LogP contribution in [-0.4, -0.2) is 21.2 Å². The molecule has 0 atom stereocenters. The highest BCUT2D eigenvalue weighted by Gasteiger charge is 2.10. The summed E-state index contributed by atoms with van der Waals surface area (Å²) in [6.07, 6.45) is 4.28. The predicted molar refractivity (Wildman–Crippen MR) is 101 cm³/mol. The van der Waals surface area contributed by atoms with Crippen LogP contribution in [0.1, 0.15) is 11.3 Å². The maximum Gasteiger partial charge on any atom is 0.216 e. The average Bonchev–Trinajstić information content (AvgIpc) is 2.61. The third-order valence-electron chi connectivity index (χ3n) is 4.28. The first-order chi connectivity index (χ1) is 11.6. The molecule has 3 rings (SSSR count). The van der Waals surface area contributed by atoms with E-state index in [4.69, 9.17) is 4.74 Å². The van der Waals surface area contributed by atoms with Gasteiger partial charge in [0.25, 0.3) is 0 Å². The highest BCUT2D eigenvalue weighted by molar-refractivity contribution is 5.78. The molecule has 0 radical (unpaired) electrons. The van der Waals surface area contributed by atoms with Gasteiger partial charge in [0.1, 0.15) is 12.8 Å². The number of nitrogens with zero attached hydrogens (tertiary/aromatic N) is 2. The lowest BCUT2D eigenvalue weighted by Crippen LogP contribution is -3.00. The smallest absolute Gasteiger partial charge is 0.216 e. The summed E-state index contributed by atoms with van der Waals surface area (Å²) >= 11 is 0. The summed E-state index contributed by atoms with van der Waals surface area (Å²) in [5, 5.41) is 1.20. The Hall–Kier alpha value is -2.08. The Balaban J connectivity index is 0.00000225. The van der Waals surface area contributed by atoms with Gasteiger partial charge in [-0.1, -0.05) is 12.1 Å². The minimum absolute atomic E-state index is 0. The molecule has 3 aromatic rings. The predicted octanol–water partition coefficient (Wildman–Crippen LogP) is 0.913. The van der Waals surface area contributed by atoms with Crippen molar-refractivity contribution in [1.82, 2.24) is 0 Å². The van der Waals surface area contributed by atoms with Crippen molar-refractivity contribution in [3.05, 3.63) is 65.9 Å². The molecule has 0 bridgehead atoms. The van der Waals surface area contributed by atoms with Gasteiger partial charge in [-0.3, -0.25) is 0 Å². The molecule has 3 nitrogen and oxygen atoms in total. The number of methoxy groups -OCH3 is 1. The first kappa shape index (κ1) is 19.2. The molecular weight excluding hydrogens is 423 g/mol. The van der Waals surface area contributed by atoms with E-state index in [2.05, 4.69) is 77.2 Å². The molecule has 1 aromatic heterocycles. The van der Waals surface area contributed by atoms with Crippen LogP contribution >= 0.6 is 0 Å². The van der Waals surface area contributed by atoms with Crippen molar-refractivity contribution in [3.63, 3.8) is 0 Å². The molecule has 25 heavy (non-hydrogen) atoms. The quantitative estimate of drug-likeness (QED) is 0.438. The number of anilines is 1. The maximum atomic E-state index is 5.34. The number of aromatic nitrogens is 1. The third kappa shape index (κ3) is 4.31. The third-order valence-corrected chi connectivity index (χ3v) is 4.28. The number of benzene rings is 2. The molecule has 4 heteroatoms. The van der Waals surface area contributed by atoms with Crippen LogP contribution in [0.25, 0.3) is 23.1 Å². The zero-order valence-electron chi connectivity index (χ0n) is 15.0. The molecule has 0 spiro atoms. The molecule has 130 valence electrons. The van der Waals surface area contributed by atoms with Gasteiger partial charge < -0.3 is 33.6 Å². The van der Waals surface area contributed by atoms with Gasteiger partial charge >= 0.3 is 0 Å². The fourth-order valence-electron chi connectivity index (χ4n) is 2.74. The zero-order chi connectivity index (χ0) is 17.1. The fourth-order valence-corrected chi connectivity index (χ4v) is 2.74. The van der Waals surface area contributed by atoms with Gasteiger partial charge in [-0.05, 0) is 42.0 Å². The minimum Gasteiger partial charge on any atom is -1.00 e. The van der Waals surface area contributed by atoms with Crippen molar-refractivity contribution in [3.8, 4) is 5.75 Å². The highest BCUT2D eigenvalue weighted by Crippen LogP contribution is 2.19.